The predicted molar refractivity (Wildman–Crippen MR) is 107 cm³/mol. The molecule has 0 bridgehead atoms. The van der Waals surface area contributed by atoms with Gasteiger partial charge in [0, 0.05) is 5.41 Å². The molecule has 0 spiro atoms. The normalized spacial score (nSPS) is 54.9. The zero-order chi connectivity index (χ0) is 19.1. The summed E-state index contributed by atoms with van der Waals surface area (Å²) in [5.41, 5.74) is -0.920. The molecule has 1 aromatic rings. The number of fused-ring (bicyclic) bond motifs is 5. The van der Waals surface area contributed by atoms with E-state index in [0.717, 1.165) is 50.5 Å². The van der Waals surface area contributed by atoms with Gasteiger partial charge >= 0.3 is 0 Å². The molecular weight excluding hydrogens is 356 g/mol. The molecule has 4 saturated carbocycles. The largest absolute Gasteiger partial charge is 0.393 e. The Balaban J connectivity index is 1.52. The molecule has 1 aromatic heterocycles. The molecule has 0 aliphatic heterocycles. The lowest BCUT2D eigenvalue weighted by atomic mass is 9.43. The highest BCUT2D eigenvalue weighted by molar-refractivity contribution is 7.08. The molecule has 1 heterocycles. The van der Waals surface area contributed by atoms with Crippen molar-refractivity contribution in [2.75, 3.05) is 0 Å². The number of thiophene rings is 1. The molecule has 4 heteroatoms. The van der Waals surface area contributed by atoms with Crippen LogP contribution in [0.1, 0.15) is 77.2 Å². The van der Waals surface area contributed by atoms with Crippen LogP contribution in [0.25, 0.3) is 0 Å². The molecular formula is C23H34O3S. The first kappa shape index (κ1) is 18.6. The van der Waals surface area contributed by atoms with Gasteiger partial charge in [-0.2, -0.15) is 11.3 Å². The predicted octanol–water partition coefficient (Wildman–Crippen LogP) is 4.45. The Morgan fingerprint density at radius 1 is 0.963 bits per heavy atom. The lowest BCUT2D eigenvalue weighted by Crippen LogP contribution is -2.64. The monoisotopic (exact) mass is 390 g/mol. The lowest BCUT2D eigenvalue weighted by molar-refractivity contribution is -0.238. The molecule has 4 fully saturated rings. The summed E-state index contributed by atoms with van der Waals surface area (Å²) in [5, 5.41) is 38.3. The Bertz CT molecular complexity index is 719. The first-order valence-electron chi connectivity index (χ1n) is 10.9. The van der Waals surface area contributed by atoms with Gasteiger partial charge in [0.1, 0.15) is 0 Å². The van der Waals surface area contributed by atoms with E-state index in [9.17, 15) is 15.3 Å². The molecule has 150 valence electrons. The van der Waals surface area contributed by atoms with Crippen molar-refractivity contribution in [3.63, 3.8) is 0 Å². The number of aliphatic hydroxyl groups excluding tert-OH is 1. The number of hydrogen-bond acceptors (Lipinski definition) is 4. The van der Waals surface area contributed by atoms with E-state index in [1.54, 1.807) is 11.3 Å². The van der Waals surface area contributed by atoms with Crippen molar-refractivity contribution < 1.29 is 15.3 Å². The Hall–Kier alpha value is -0.420. The van der Waals surface area contributed by atoms with Gasteiger partial charge in [0.05, 0.1) is 17.3 Å². The third kappa shape index (κ3) is 2.19. The maximum absolute atomic E-state index is 12.2. The molecule has 4 aliphatic rings. The van der Waals surface area contributed by atoms with E-state index in [1.807, 2.05) is 5.38 Å². The summed E-state index contributed by atoms with van der Waals surface area (Å²) in [7, 11) is 0. The number of rotatable bonds is 1. The maximum atomic E-state index is 12.2. The van der Waals surface area contributed by atoms with Crippen molar-refractivity contribution >= 4 is 11.3 Å². The average Bonchev–Trinajstić information content (AvgIpc) is 3.24. The number of hydrogen-bond donors (Lipinski definition) is 3. The molecule has 8 atom stereocenters. The second-order valence-electron chi connectivity index (χ2n) is 10.6. The van der Waals surface area contributed by atoms with Gasteiger partial charge in [-0.1, -0.05) is 13.8 Å². The van der Waals surface area contributed by atoms with Gasteiger partial charge in [-0.3, -0.25) is 0 Å². The highest BCUT2D eigenvalue weighted by Gasteiger charge is 2.72. The van der Waals surface area contributed by atoms with E-state index in [0.29, 0.717) is 24.7 Å². The van der Waals surface area contributed by atoms with E-state index in [1.165, 1.54) is 0 Å². The summed E-state index contributed by atoms with van der Waals surface area (Å²) in [6.07, 6.45) is 8.32. The van der Waals surface area contributed by atoms with Crippen LogP contribution in [0.3, 0.4) is 0 Å². The van der Waals surface area contributed by atoms with Crippen LogP contribution in [0.15, 0.2) is 16.8 Å². The van der Waals surface area contributed by atoms with E-state index in [4.69, 9.17) is 0 Å². The highest BCUT2D eigenvalue weighted by Crippen LogP contribution is 2.71. The van der Waals surface area contributed by atoms with Crippen LogP contribution < -0.4 is 0 Å². The van der Waals surface area contributed by atoms with Crippen LogP contribution in [-0.4, -0.2) is 27.0 Å². The van der Waals surface area contributed by atoms with Crippen LogP contribution >= 0.6 is 11.3 Å². The number of aliphatic hydroxyl groups is 3. The molecule has 5 rings (SSSR count). The fourth-order valence-electron chi connectivity index (χ4n) is 8.18. The van der Waals surface area contributed by atoms with Crippen molar-refractivity contribution in [1.82, 2.24) is 0 Å². The average molecular weight is 391 g/mol. The SMILES string of the molecule is C[C@]12CC[C@H](O)C[C@H]1CC[C@@H]1[C@@H]2CC[C@]2(C)[C@@](O)(c3ccsc3)CC[C@]12O. The molecule has 0 amide bonds. The van der Waals surface area contributed by atoms with Crippen LogP contribution in [-0.2, 0) is 5.60 Å². The van der Waals surface area contributed by atoms with Gasteiger partial charge in [0.25, 0.3) is 0 Å². The fraction of sp³-hybridized carbons (Fsp3) is 0.826. The Morgan fingerprint density at radius 3 is 2.52 bits per heavy atom. The molecule has 0 aromatic carbocycles. The van der Waals surface area contributed by atoms with Gasteiger partial charge < -0.3 is 15.3 Å². The second kappa shape index (κ2) is 5.81. The first-order valence-corrected chi connectivity index (χ1v) is 11.8. The minimum atomic E-state index is -0.909. The fourth-order valence-corrected chi connectivity index (χ4v) is 8.91. The second-order valence-corrected chi connectivity index (χ2v) is 11.4. The van der Waals surface area contributed by atoms with E-state index in [-0.39, 0.29) is 17.4 Å². The van der Waals surface area contributed by atoms with Gasteiger partial charge in [-0.05, 0) is 103 Å². The minimum absolute atomic E-state index is 0.133. The van der Waals surface area contributed by atoms with Crippen molar-refractivity contribution in [3.8, 4) is 0 Å². The highest BCUT2D eigenvalue weighted by atomic mass is 32.1. The van der Waals surface area contributed by atoms with E-state index in [2.05, 4.69) is 25.3 Å². The smallest absolute Gasteiger partial charge is 0.0986 e. The summed E-state index contributed by atoms with van der Waals surface area (Å²) < 4.78 is 0. The standard InChI is InChI=1S/C23H34O3S/c1-20-8-5-17(24)13-15(20)3-4-19-18(20)6-9-21(2)22(25,10-11-23(19,21)26)16-7-12-27-14-16/h7,12,14-15,17-19,24-26H,3-6,8-11,13H2,1-2H3/t15-,17+,18+,19-,20+,21-,22+,23+/m1/s1. The van der Waals surface area contributed by atoms with Gasteiger partial charge in [0.15, 0.2) is 0 Å². The lowest BCUT2D eigenvalue weighted by Gasteiger charge is -2.64. The molecule has 4 aliphatic carbocycles. The van der Waals surface area contributed by atoms with Crippen molar-refractivity contribution in [3.05, 3.63) is 22.4 Å². The summed E-state index contributed by atoms with van der Waals surface area (Å²) >= 11 is 1.63. The summed E-state index contributed by atoms with van der Waals surface area (Å²) in [6, 6.07) is 2.05. The van der Waals surface area contributed by atoms with Gasteiger partial charge in [-0.15, -0.1) is 0 Å². The Morgan fingerprint density at radius 2 is 1.78 bits per heavy atom. The summed E-state index contributed by atoms with van der Waals surface area (Å²) in [6.45, 7) is 4.60. The molecule has 0 unspecified atom stereocenters. The van der Waals surface area contributed by atoms with E-state index < -0.39 is 16.6 Å². The summed E-state index contributed by atoms with van der Waals surface area (Å²) in [4.78, 5) is 0. The molecule has 3 N–H and O–H groups in total. The molecule has 0 saturated heterocycles. The topological polar surface area (TPSA) is 60.7 Å². The third-order valence-electron chi connectivity index (χ3n) is 9.97. The van der Waals surface area contributed by atoms with Crippen molar-refractivity contribution in [2.24, 2.45) is 28.6 Å². The van der Waals surface area contributed by atoms with Crippen LogP contribution in [0, 0.1) is 28.6 Å². The van der Waals surface area contributed by atoms with E-state index >= 15 is 0 Å². The zero-order valence-electron chi connectivity index (χ0n) is 16.7. The van der Waals surface area contributed by atoms with Gasteiger partial charge in [0.2, 0.25) is 0 Å². The van der Waals surface area contributed by atoms with Crippen LogP contribution in [0.2, 0.25) is 0 Å². The zero-order valence-corrected chi connectivity index (χ0v) is 17.5. The Labute approximate surface area is 166 Å². The van der Waals surface area contributed by atoms with Gasteiger partial charge in [-0.25, -0.2) is 0 Å². The first-order chi connectivity index (χ1) is 12.7. The van der Waals surface area contributed by atoms with Crippen LogP contribution in [0.5, 0.6) is 0 Å². The summed E-state index contributed by atoms with van der Waals surface area (Å²) in [5.74, 6) is 1.39. The Kier molecular flexibility index (Phi) is 4.00. The van der Waals surface area contributed by atoms with Crippen molar-refractivity contribution in [1.29, 1.82) is 0 Å². The van der Waals surface area contributed by atoms with Crippen molar-refractivity contribution in [2.45, 2.75) is 88.9 Å². The minimum Gasteiger partial charge on any atom is -0.393 e. The maximum Gasteiger partial charge on any atom is 0.0986 e. The third-order valence-corrected chi connectivity index (χ3v) is 10.7. The molecule has 3 nitrogen and oxygen atoms in total. The quantitative estimate of drug-likeness (QED) is 0.664. The molecule has 27 heavy (non-hydrogen) atoms. The molecule has 0 radical (unpaired) electrons. The van der Waals surface area contributed by atoms with Crippen LogP contribution in [0.4, 0.5) is 0 Å².